The highest BCUT2D eigenvalue weighted by Crippen LogP contribution is 2.52. The second-order valence-corrected chi connectivity index (χ2v) is 18.2. The molecule has 214 valence electrons. The van der Waals surface area contributed by atoms with Crippen LogP contribution in [0.3, 0.4) is 0 Å². The average Bonchev–Trinajstić information content (AvgIpc) is 2.88. The van der Waals surface area contributed by atoms with Crippen molar-refractivity contribution in [1.29, 1.82) is 0 Å². The van der Waals surface area contributed by atoms with E-state index < -0.39 is 14.6 Å². The number of ether oxygens (including phenoxy) is 3. The average molecular weight is 569 g/mol. The van der Waals surface area contributed by atoms with Gasteiger partial charge >= 0.3 is 0 Å². The second-order valence-electron chi connectivity index (χ2n) is 12.5. The summed E-state index contributed by atoms with van der Waals surface area (Å²) in [6.45, 7) is 18.6. The highest BCUT2D eigenvalue weighted by molar-refractivity contribution is 8.02. The molecule has 0 saturated heterocycles. The van der Waals surface area contributed by atoms with Crippen LogP contribution in [-0.2, 0) is 20.3 Å². The first-order chi connectivity index (χ1) is 18.3. The molecule has 2 aromatic rings. The predicted molar refractivity (Wildman–Crippen MR) is 167 cm³/mol. The molecule has 3 rings (SSSR count). The van der Waals surface area contributed by atoms with Crippen LogP contribution in [0.15, 0.2) is 75.7 Å². The Hall–Kier alpha value is -1.99. The molecule has 0 fully saturated rings. The topological polar surface area (TPSA) is 36.9 Å². The molecule has 6 heteroatoms. The Morgan fingerprint density at radius 2 is 1.64 bits per heavy atom. The summed E-state index contributed by atoms with van der Waals surface area (Å²) >= 11 is 1.78. The van der Waals surface area contributed by atoms with Crippen LogP contribution in [0.25, 0.3) is 0 Å². The summed E-state index contributed by atoms with van der Waals surface area (Å²) < 4.78 is 24.3. The van der Waals surface area contributed by atoms with Crippen LogP contribution in [0.5, 0.6) is 5.75 Å². The first-order valence-electron chi connectivity index (χ1n) is 13.8. The van der Waals surface area contributed by atoms with E-state index in [0.717, 1.165) is 35.5 Å². The maximum Gasteiger partial charge on any atom is 0.250 e. The molecule has 0 bridgehead atoms. The maximum atomic E-state index is 7.06. The van der Waals surface area contributed by atoms with Gasteiger partial charge in [0.15, 0.2) is 6.29 Å². The fourth-order valence-corrected chi connectivity index (χ4v) is 7.28. The monoisotopic (exact) mass is 568 g/mol. The molecule has 0 amide bonds. The molecule has 0 aromatic heterocycles. The van der Waals surface area contributed by atoms with Gasteiger partial charge in [0.05, 0.1) is 12.9 Å². The zero-order valence-electron chi connectivity index (χ0n) is 25.8. The normalized spacial score (nSPS) is 19.1. The molecule has 0 heterocycles. The number of benzene rings is 2. The van der Waals surface area contributed by atoms with Gasteiger partial charge in [-0.05, 0) is 77.6 Å². The molecule has 2 aromatic carbocycles. The first-order valence-corrected chi connectivity index (χ1v) is 17.6. The van der Waals surface area contributed by atoms with E-state index in [0.29, 0.717) is 0 Å². The number of thioether (sulfide) groups is 1. The van der Waals surface area contributed by atoms with Crippen molar-refractivity contribution >= 4 is 20.1 Å². The van der Waals surface area contributed by atoms with Crippen molar-refractivity contribution in [2.45, 2.75) is 83.7 Å². The minimum Gasteiger partial charge on any atom is -0.546 e. The lowest BCUT2D eigenvalue weighted by molar-refractivity contribution is -0.106. The molecule has 0 N–H and O–H groups in total. The van der Waals surface area contributed by atoms with Crippen molar-refractivity contribution in [2.75, 3.05) is 21.3 Å². The van der Waals surface area contributed by atoms with Crippen molar-refractivity contribution in [3.05, 3.63) is 82.0 Å². The van der Waals surface area contributed by atoms with E-state index in [1.165, 1.54) is 16.0 Å². The summed E-state index contributed by atoms with van der Waals surface area (Å²) in [7, 11) is 3.07. The lowest BCUT2D eigenvalue weighted by Gasteiger charge is -2.46. The van der Waals surface area contributed by atoms with Gasteiger partial charge in [-0.25, -0.2) is 0 Å². The SMILES string of the molecule is COc1cccc(C(OC)OC)c1C[C@@H]1CC(O[Si](C)(C)C(C)(C)C)=C(C)/C(=C\Sc2ccccc2)C1(C)C. The highest BCUT2D eigenvalue weighted by atomic mass is 32.2. The Kier molecular flexibility index (Phi) is 10.2. The van der Waals surface area contributed by atoms with Gasteiger partial charge in [-0.1, -0.05) is 76.7 Å². The van der Waals surface area contributed by atoms with Crippen LogP contribution in [0.1, 0.15) is 65.4 Å². The van der Waals surface area contributed by atoms with E-state index in [1.807, 2.05) is 12.1 Å². The Morgan fingerprint density at radius 3 is 2.21 bits per heavy atom. The first kappa shape index (κ1) is 31.5. The molecule has 1 atom stereocenters. The van der Waals surface area contributed by atoms with E-state index >= 15 is 0 Å². The fourth-order valence-electron chi connectivity index (χ4n) is 5.07. The third-order valence-corrected chi connectivity index (χ3v) is 14.0. The number of hydrogen-bond donors (Lipinski definition) is 0. The van der Waals surface area contributed by atoms with Gasteiger partial charge < -0.3 is 18.6 Å². The van der Waals surface area contributed by atoms with Gasteiger partial charge in [-0.15, -0.1) is 0 Å². The Balaban J connectivity index is 2.13. The van der Waals surface area contributed by atoms with Crippen molar-refractivity contribution in [1.82, 2.24) is 0 Å². The molecular formula is C33H48O4SSi. The Labute approximate surface area is 242 Å². The zero-order valence-corrected chi connectivity index (χ0v) is 27.6. The molecule has 0 spiro atoms. The zero-order chi connectivity index (χ0) is 29.0. The van der Waals surface area contributed by atoms with Crippen molar-refractivity contribution < 1.29 is 18.6 Å². The van der Waals surface area contributed by atoms with Crippen LogP contribution in [0, 0.1) is 11.3 Å². The minimum atomic E-state index is -2.03. The molecule has 0 aliphatic heterocycles. The molecule has 4 nitrogen and oxygen atoms in total. The lowest BCUT2D eigenvalue weighted by atomic mass is 9.64. The van der Waals surface area contributed by atoms with Gasteiger partial charge in [0.1, 0.15) is 5.75 Å². The standard InChI is InChI=1S/C33H48O4SSi/c1-23-28(22-38-25-16-13-12-14-17-25)33(5,6)24(21-30(23)37-39(10,11)32(2,3)4)20-27-26(31(35-8)36-9)18-15-19-29(27)34-7/h12-19,22,24,31H,20-21H2,1-11H3/b28-22+/t24-/m1/s1. The van der Waals surface area contributed by atoms with Crippen molar-refractivity contribution in [2.24, 2.45) is 11.3 Å². The van der Waals surface area contributed by atoms with E-state index in [-0.39, 0.29) is 16.4 Å². The van der Waals surface area contributed by atoms with Gasteiger partial charge in [-0.3, -0.25) is 0 Å². The number of hydrogen-bond acceptors (Lipinski definition) is 5. The number of rotatable bonds is 10. The van der Waals surface area contributed by atoms with Crippen molar-refractivity contribution in [3.8, 4) is 5.75 Å². The van der Waals surface area contributed by atoms with Crippen LogP contribution in [0.2, 0.25) is 18.1 Å². The summed E-state index contributed by atoms with van der Waals surface area (Å²) in [6.07, 6.45) is 1.24. The van der Waals surface area contributed by atoms with E-state index in [2.05, 4.69) is 96.4 Å². The lowest BCUT2D eigenvalue weighted by Crippen LogP contribution is -2.42. The van der Waals surface area contributed by atoms with E-state index in [1.54, 1.807) is 33.1 Å². The highest BCUT2D eigenvalue weighted by Gasteiger charge is 2.45. The molecule has 1 aliphatic carbocycles. The molecule has 1 aliphatic rings. The third-order valence-electron chi connectivity index (χ3n) is 8.73. The van der Waals surface area contributed by atoms with Crippen LogP contribution >= 0.6 is 11.8 Å². The molecule has 39 heavy (non-hydrogen) atoms. The van der Waals surface area contributed by atoms with Crippen LogP contribution < -0.4 is 4.74 Å². The molecule has 0 unspecified atom stereocenters. The largest absolute Gasteiger partial charge is 0.546 e. The maximum absolute atomic E-state index is 7.06. The van der Waals surface area contributed by atoms with Gasteiger partial charge in [0, 0.05) is 36.7 Å². The van der Waals surface area contributed by atoms with E-state index in [4.69, 9.17) is 18.6 Å². The summed E-state index contributed by atoms with van der Waals surface area (Å²) in [6, 6.07) is 16.7. The molecule has 0 saturated carbocycles. The third kappa shape index (κ3) is 7.02. The molecule has 0 radical (unpaired) electrons. The van der Waals surface area contributed by atoms with Crippen LogP contribution in [0.4, 0.5) is 0 Å². The summed E-state index contributed by atoms with van der Waals surface area (Å²) in [5.41, 5.74) is 4.66. The fraction of sp³-hybridized carbons (Fsp3) is 0.515. The van der Waals surface area contributed by atoms with Gasteiger partial charge in [0.25, 0.3) is 0 Å². The molecular weight excluding hydrogens is 521 g/mol. The summed E-state index contributed by atoms with van der Waals surface area (Å²) in [4.78, 5) is 1.23. The number of allylic oxidation sites excluding steroid dienone is 3. The van der Waals surface area contributed by atoms with Crippen LogP contribution in [-0.4, -0.2) is 29.6 Å². The Bertz CT molecular complexity index is 1170. The Morgan fingerprint density at radius 1 is 1.00 bits per heavy atom. The minimum absolute atomic E-state index is 0.0973. The smallest absolute Gasteiger partial charge is 0.250 e. The number of methoxy groups -OCH3 is 3. The summed E-state index contributed by atoms with van der Waals surface area (Å²) in [5.74, 6) is 2.29. The predicted octanol–water partition coefficient (Wildman–Crippen LogP) is 9.55. The van der Waals surface area contributed by atoms with Gasteiger partial charge in [-0.2, -0.15) is 0 Å². The van der Waals surface area contributed by atoms with Crippen molar-refractivity contribution in [3.63, 3.8) is 0 Å². The van der Waals surface area contributed by atoms with E-state index in [9.17, 15) is 0 Å². The summed E-state index contributed by atoms with van der Waals surface area (Å²) in [5, 5.41) is 2.47. The quantitative estimate of drug-likeness (QED) is 0.162. The van der Waals surface area contributed by atoms with Gasteiger partial charge in [0.2, 0.25) is 8.32 Å². The second kappa shape index (κ2) is 12.7.